The summed E-state index contributed by atoms with van der Waals surface area (Å²) in [5, 5.41) is 10.6. The molecule has 570 valence electrons. The van der Waals surface area contributed by atoms with Gasteiger partial charge in [-0.2, -0.15) is 0 Å². The summed E-state index contributed by atoms with van der Waals surface area (Å²) in [7, 11) is -9.91. The Labute approximate surface area is 588 Å². The van der Waals surface area contributed by atoms with E-state index in [1.54, 1.807) is 0 Å². The topological polar surface area (TPSA) is 237 Å². The van der Waals surface area contributed by atoms with Gasteiger partial charge in [0.05, 0.1) is 26.4 Å². The van der Waals surface area contributed by atoms with E-state index in [-0.39, 0.29) is 25.7 Å². The van der Waals surface area contributed by atoms with Crippen LogP contribution in [0, 0.1) is 11.8 Å². The molecule has 3 unspecified atom stereocenters. The van der Waals surface area contributed by atoms with Gasteiger partial charge in [0.15, 0.2) is 12.2 Å². The number of unbranched alkanes of at least 4 members (excludes halogenated alkanes) is 45. The largest absolute Gasteiger partial charge is 0.472 e. The molecule has 0 spiro atoms. The van der Waals surface area contributed by atoms with Crippen LogP contribution in [0.4, 0.5) is 0 Å². The molecule has 0 fully saturated rings. The number of carbonyl (C=O) groups excluding carboxylic acids is 4. The first-order valence-corrected chi connectivity index (χ1v) is 43.0. The number of esters is 4. The van der Waals surface area contributed by atoms with Crippen molar-refractivity contribution in [3.8, 4) is 0 Å². The van der Waals surface area contributed by atoms with Crippen molar-refractivity contribution in [1.82, 2.24) is 0 Å². The Balaban J connectivity index is 5.18. The third-order valence-corrected chi connectivity index (χ3v) is 20.2. The smallest absolute Gasteiger partial charge is 0.462 e. The van der Waals surface area contributed by atoms with Gasteiger partial charge in [0.1, 0.15) is 19.3 Å². The summed E-state index contributed by atoms with van der Waals surface area (Å²) in [6.45, 7) is 9.54. The average Bonchev–Trinajstić information content (AvgIpc) is 1.67. The summed E-state index contributed by atoms with van der Waals surface area (Å²) in [5.74, 6) is -0.601. The van der Waals surface area contributed by atoms with Crippen molar-refractivity contribution in [2.45, 2.75) is 419 Å². The third-order valence-electron chi connectivity index (χ3n) is 18.3. The Morgan fingerprint density at radius 2 is 0.531 bits per heavy atom. The Kier molecular flexibility index (Phi) is 67.4. The second-order valence-corrected chi connectivity index (χ2v) is 31.4. The molecule has 0 aromatic heterocycles. The fourth-order valence-electron chi connectivity index (χ4n) is 11.8. The SMILES string of the molecule is CCCCCCCCCCCCCCCCCCCCCCC(=O)O[C@H](COC(=O)CCCCCCCCCCCCCCCCC(C)CC)COP(=O)(O)OC[C@@H](O)COP(=O)(O)OC[C@@H](COC(=O)CCCCCCCCCCC)OC(=O)CCCCCCCCC(C)C. The minimum absolute atomic E-state index is 0.102. The van der Waals surface area contributed by atoms with E-state index in [0.717, 1.165) is 95.8 Å². The first kappa shape index (κ1) is 94.1. The molecule has 0 aliphatic rings. The Bertz CT molecular complexity index is 1860. The molecule has 3 N–H and O–H groups in total. The number of rotatable bonds is 76. The molecule has 0 bridgehead atoms. The Hall–Kier alpha value is -1.94. The van der Waals surface area contributed by atoms with Crippen LogP contribution in [0.2, 0.25) is 0 Å². The molecular formula is C77H150O17P2. The average molecular weight is 1410 g/mol. The van der Waals surface area contributed by atoms with Crippen LogP contribution in [-0.2, 0) is 65.4 Å². The summed E-state index contributed by atoms with van der Waals surface area (Å²) in [5.41, 5.74) is 0. The van der Waals surface area contributed by atoms with Crippen molar-refractivity contribution in [2.75, 3.05) is 39.6 Å². The molecule has 0 radical (unpaired) electrons. The van der Waals surface area contributed by atoms with Gasteiger partial charge in [-0.1, -0.05) is 350 Å². The first-order chi connectivity index (χ1) is 46.4. The van der Waals surface area contributed by atoms with Gasteiger partial charge >= 0.3 is 39.5 Å². The molecule has 0 aromatic carbocycles. The molecule has 6 atom stereocenters. The van der Waals surface area contributed by atoms with Crippen LogP contribution in [0.15, 0.2) is 0 Å². The van der Waals surface area contributed by atoms with Crippen LogP contribution in [0.25, 0.3) is 0 Å². The van der Waals surface area contributed by atoms with Crippen LogP contribution >= 0.6 is 15.6 Å². The fraction of sp³-hybridized carbons (Fsp3) is 0.948. The highest BCUT2D eigenvalue weighted by Gasteiger charge is 2.30. The lowest BCUT2D eigenvalue weighted by atomic mass is 9.99. The van der Waals surface area contributed by atoms with Crippen LogP contribution < -0.4 is 0 Å². The van der Waals surface area contributed by atoms with Crippen molar-refractivity contribution < 1.29 is 80.2 Å². The zero-order chi connectivity index (χ0) is 70.7. The van der Waals surface area contributed by atoms with E-state index < -0.39 is 97.5 Å². The van der Waals surface area contributed by atoms with Crippen molar-refractivity contribution in [2.24, 2.45) is 11.8 Å². The molecule has 0 saturated heterocycles. The van der Waals surface area contributed by atoms with Crippen LogP contribution in [-0.4, -0.2) is 96.7 Å². The molecule has 0 saturated carbocycles. The van der Waals surface area contributed by atoms with E-state index in [1.165, 1.54) is 218 Å². The minimum Gasteiger partial charge on any atom is -0.462 e. The highest BCUT2D eigenvalue weighted by Crippen LogP contribution is 2.45. The van der Waals surface area contributed by atoms with Gasteiger partial charge in [0, 0.05) is 25.7 Å². The molecule has 0 rings (SSSR count). The number of aliphatic hydroxyl groups excluding tert-OH is 1. The normalized spacial score (nSPS) is 14.3. The van der Waals surface area contributed by atoms with E-state index in [9.17, 15) is 43.2 Å². The zero-order valence-corrected chi connectivity index (χ0v) is 64.5. The molecule has 0 heterocycles. The van der Waals surface area contributed by atoms with Crippen molar-refractivity contribution in [3.63, 3.8) is 0 Å². The Morgan fingerprint density at radius 3 is 0.792 bits per heavy atom. The first-order valence-electron chi connectivity index (χ1n) is 40.0. The number of phosphoric ester groups is 2. The lowest BCUT2D eigenvalue weighted by molar-refractivity contribution is -0.161. The summed E-state index contributed by atoms with van der Waals surface area (Å²) in [6, 6.07) is 0. The number of ether oxygens (including phenoxy) is 4. The van der Waals surface area contributed by atoms with Crippen LogP contribution in [0.5, 0.6) is 0 Å². The lowest BCUT2D eigenvalue weighted by Gasteiger charge is -2.21. The summed E-state index contributed by atoms with van der Waals surface area (Å²) >= 11 is 0. The van der Waals surface area contributed by atoms with Crippen LogP contribution in [0.1, 0.15) is 401 Å². The molecule has 0 aliphatic carbocycles. The van der Waals surface area contributed by atoms with Crippen molar-refractivity contribution >= 4 is 39.5 Å². The lowest BCUT2D eigenvalue weighted by Crippen LogP contribution is -2.30. The zero-order valence-electron chi connectivity index (χ0n) is 62.7. The number of carbonyl (C=O) groups is 4. The van der Waals surface area contributed by atoms with Crippen LogP contribution in [0.3, 0.4) is 0 Å². The molecule has 0 amide bonds. The standard InChI is InChI=1S/C77H150O17P2/c1-7-10-12-14-16-18-19-20-21-22-23-24-25-26-31-34-38-42-49-55-61-76(81)93-72(65-88-75(80)60-54-48-41-37-33-30-28-27-29-32-36-39-46-52-58-70(6)9-3)67-91-95(83,84)89-63-71(78)64-90-96(85,86)92-68-73(94-77(82)62-56-50-44-43-45-51-57-69(4)5)66-87-74(79)59-53-47-40-35-17-15-13-11-8-2/h69-73,78H,7-68H2,1-6H3,(H,83,84)(H,85,86)/t70?,71-,72-,73-/m1/s1. The number of hydrogen-bond donors (Lipinski definition) is 3. The molecular weight excluding hydrogens is 1260 g/mol. The maximum absolute atomic E-state index is 13.1. The van der Waals surface area contributed by atoms with Crippen molar-refractivity contribution in [1.29, 1.82) is 0 Å². The Morgan fingerprint density at radius 1 is 0.302 bits per heavy atom. The highest BCUT2D eigenvalue weighted by molar-refractivity contribution is 7.47. The second kappa shape index (κ2) is 68.8. The van der Waals surface area contributed by atoms with Gasteiger partial charge < -0.3 is 33.8 Å². The molecule has 0 aromatic rings. The fourth-order valence-corrected chi connectivity index (χ4v) is 13.4. The van der Waals surface area contributed by atoms with Crippen molar-refractivity contribution in [3.05, 3.63) is 0 Å². The van der Waals surface area contributed by atoms with Gasteiger partial charge in [-0.15, -0.1) is 0 Å². The maximum Gasteiger partial charge on any atom is 0.472 e. The second-order valence-electron chi connectivity index (χ2n) is 28.5. The third kappa shape index (κ3) is 69.2. The summed E-state index contributed by atoms with van der Waals surface area (Å²) in [6.07, 6.45) is 57.2. The summed E-state index contributed by atoms with van der Waals surface area (Å²) in [4.78, 5) is 72.7. The van der Waals surface area contributed by atoms with Gasteiger partial charge in [0.25, 0.3) is 0 Å². The summed E-state index contributed by atoms with van der Waals surface area (Å²) < 4.78 is 68.4. The molecule has 19 heteroatoms. The van der Waals surface area contributed by atoms with E-state index in [4.69, 9.17) is 37.0 Å². The number of aliphatic hydroxyl groups is 1. The van der Waals surface area contributed by atoms with E-state index in [2.05, 4.69) is 41.5 Å². The van der Waals surface area contributed by atoms with E-state index >= 15 is 0 Å². The predicted octanol–water partition coefficient (Wildman–Crippen LogP) is 22.7. The van der Waals surface area contributed by atoms with E-state index in [0.29, 0.717) is 31.6 Å². The van der Waals surface area contributed by atoms with E-state index in [1.807, 2.05) is 0 Å². The van der Waals surface area contributed by atoms with Gasteiger partial charge in [-0.05, 0) is 37.5 Å². The predicted molar refractivity (Wildman–Crippen MR) is 391 cm³/mol. The number of phosphoric acid groups is 2. The van der Waals surface area contributed by atoms with Gasteiger partial charge in [-0.3, -0.25) is 37.3 Å². The molecule has 96 heavy (non-hydrogen) atoms. The highest BCUT2D eigenvalue weighted by atomic mass is 31.2. The number of hydrogen-bond acceptors (Lipinski definition) is 15. The maximum atomic E-state index is 13.1. The monoisotopic (exact) mass is 1410 g/mol. The molecule has 17 nitrogen and oxygen atoms in total. The van der Waals surface area contributed by atoms with Gasteiger partial charge in [0.2, 0.25) is 0 Å². The quantitative estimate of drug-likeness (QED) is 0.0222. The minimum atomic E-state index is -4.96. The molecule has 0 aliphatic heterocycles. The van der Waals surface area contributed by atoms with Gasteiger partial charge in [-0.25, -0.2) is 9.13 Å².